The maximum Gasteiger partial charge on any atom is 0.417 e. The molecule has 0 aromatic carbocycles. The summed E-state index contributed by atoms with van der Waals surface area (Å²) in [6.45, 7) is 3.70. The fraction of sp³-hybridized carbons (Fsp3) is 0.583. The molecule has 0 unspecified atom stereocenters. The summed E-state index contributed by atoms with van der Waals surface area (Å²) >= 11 is 5.91. The fourth-order valence-electron chi connectivity index (χ4n) is 2.20. The van der Waals surface area contributed by atoms with Crippen molar-refractivity contribution in [2.75, 3.05) is 18.0 Å². The first kappa shape index (κ1) is 13.5. The van der Waals surface area contributed by atoms with Crippen molar-refractivity contribution in [3.63, 3.8) is 0 Å². The highest BCUT2D eigenvalue weighted by atomic mass is 35.5. The van der Waals surface area contributed by atoms with Gasteiger partial charge in [-0.25, -0.2) is 4.98 Å². The van der Waals surface area contributed by atoms with E-state index in [0.29, 0.717) is 11.7 Å². The fourth-order valence-corrected chi connectivity index (χ4v) is 2.49. The average Bonchev–Trinajstić information content (AvgIpc) is 2.27. The summed E-state index contributed by atoms with van der Waals surface area (Å²) in [6, 6.07) is 0.948. The lowest BCUT2D eigenvalue weighted by molar-refractivity contribution is -0.137. The number of anilines is 1. The Hall–Kier alpha value is -0.970. The van der Waals surface area contributed by atoms with E-state index in [4.69, 9.17) is 11.6 Å². The maximum atomic E-state index is 12.5. The Labute approximate surface area is 109 Å². The number of halogens is 4. The Balaban J connectivity index is 2.24. The molecular weight excluding hydrogens is 265 g/mol. The molecule has 1 aromatic rings. The van der Waals surface area contributed by atoms with Crippen molar-refractivity contribution in [2.24, 2.45) is 5.92 Å². The lowest BCUT2D eigenvalue weighted by Crippen LogP contribution is -2.35. The molecule has 0 spiro atoms. The second-order valence-corrected chi connectivity index (χ2v) is 5.13. The van der Waals surface area contributed by atoms with Gasteiger partial charge in [0.05, 0.1) is 10.6 Å². The number of hydrogen-bond donors (Lipinski definition) is 0. The predicted molar refractivity (Wildman–Crippen MR) is 64.9 cm³/mol. The van der Waals surface area contributed by atoms with E-state index < -0.39 is 11.7 Å². The zero-order valence-electron chi connectivity index (χ0n) is 9.97. The molecule has 1 fully saturated rings. The van der Waals surface area contributed by atoms with Gasteiger partial charge in [0.1, 0.15) is 5.82 Å². The van der Waals surface area contributed by atoms with Crippen LogP contribution in [0.4, 0.5) is 19.0 Å². The van der Waals surface area contributed by atoms with Gasteiger partial charge in [-0.05, 0) is 24.8 Å². The van der Waals surface area contributed by atoms with E-state index in [9.17, 15) is 13.2 Å². The molecule has 18 heavy (non-hydrogen) atoms. The zero-order valence-corrected chi connectivity index (χ0v) is 10.7. The number of rotatable bonds is 1. The van der Waals surface area contributed by atoms with E-state index in [-0.39, 0.29) is 5.02 Å². The van der Waals surface area contributed by atoms with Crippen LogP contribution < -0.4 is 4.90 Å². The molecule has 2 rings (SSSR count). The van der Waals surface area contributed by atoms with E-state index in [1.807, 2.05) is 4.90 Å². The van der Waals surface area contributed by atoms with Crippen LogP contribution in [0.2, 0.25) is 5.02 Å². The molecule has 6 heteroatoms. The number of alkyl halides is 3. The summed E-state index contributed by atoms with van der Waals surface area (Å²) in [7, 11) is 0. The molecule has 0 aliphatic carbocycles. The van der Waals surface area contributed by atoms with Crippen molar-refractivity contribution < 1.29 is 13.2 Å². The quantitative estimate of drug-likeness (QED) is 0.772. The summed E-state index contributed by atoms with van der Waals surface area (Å²) in [4.78, 5) is 5.83. The zero-order chi connectivity index (χ0) is 13.3. The Morgan fingerprint density at radius 3 is 2.72 bits per heavy atom. The molecule has 2 heterocycles. The van der Waals surface area contributed by atoms with Gasteiger partial charge in [-0.1, -0.05) is 18.5 Å². The highest BCUT2D eigenvalue weighted by Gasteiger charge is 2.32. The van der Waals surface area contributed by atoms with Crippen LogP contribution in [0.15, 0.2) is 12.3 Å². The largest absolute Gasteiger partial charge is 0.417 e. The van der Waals surface area contributed by atoms with Gasteiger partial charge >= 0.3 is 6.18 Å². The predicted octanol–water partition coefficient (Wildman–Crippen LogP) is 3.99. The van der Waals surface area contributed by atoms with Crippen molar-refractivity contribution in [3.8, 4) is 0 Å². The molecule has 1 aliphatic heterocycles. The number of nitrogens with zero attached hydrogens (tertiary/aromatic N) is 2. The third-order valence-corrected chi connectivity index (χ3v) is 3.38. The summed E-state index contributed by atoms with van der Waals surface area (Å²) in [5, 5.41) is 0.0684. The van der Waals surface area contributed by atoms with Crippen LogP contribution in [0, 0.1) is 5.92 Å². The summed E-state index contributed by atoms with van der Waals surface area (Å²) < 4.78 is 37.5. The second kappa shape index (κ2) is 4.96. The van der Waals surface area contributed by atoms with Crippen molar-refractivity contribution >= 4 is 17.4 Å². The van der Waals surface area contributed by atoms with Crippen LogP contribution in [0.1, 0.15) is 25.3 Å². The van der Waals surface area contributed by atoms with Crippen LogP contribution in [0.25, 0.3) is 0 Å². The molecule has 1 atom stereocenters. The topological polar surface area (TPSA) is 16.1 Å². The van der Waals surface area contributed by atoms with Gasteiger partial charge in [0.15, 0.2) is 0 Å². The Bertz CT molecular complexity index is 434. The smallest absolute Gasteiger partial charge is 0.355 e. The number of hydrogen-bond acceptors (Lipinski definition) is 2. The molecular formula is C12H14ClF3N2. The van der Waals surface area contributed by atoms with Crippen LogP contribution >= 0.6 is 11.6 Å². The molecule has 0 saturated carbocycles. The third kappa shape index (κ3) is 2.88. The van der Waals surface area contributed by atoms with Gasteiger partial charge < -0.3 is 4.90 Å². The summed E-state index contributed by atoms with van der Waals surface area (Å²) in [6.07, 6.45) is -1.40. The van der Waals surface area contributed by atoms with E-state index in [1.165, 1.54) is 0 Å². The van der Waals surface area contributed by atoms with Gasteiger partial charge in [-0.2, -0.15) is 13.2 Å². The van der Waals surface area contributed by atoms with Crippen LogP contribution in [0.3, 0.4) is 0 Å². The van der Waals surface area contributed by atoms with Gasteiger partial charge in [0, 0.05) is 19.3 Å². The van der Waals surface area contributed by atoms with Gasteiger partial charge in [-0.3, -0.25) is 0 Å². The Morgan fingerprint density at radius 1 is 1.44 bits per heavy atom. The first-order valence-corrected chi connectivity index (χ1v) is 6.23. The number of piperidine rings is 1. The minimum atomic E-state index is -4.40. The van der Waals surface area contributed by atoms with Crippen molar-refractivity contribution in [1.29, 1.82) is 0 Å². The lowest BCUT2D eigenvalue weighted by atomic mass is 10.0. The monoisotopic (exact) mass is 278 g/mol. The van der Waals surface area contributed by atoms with E-state index in [2.05, 4.69) is 11.9 Å². The molecule has 0 radical (unpaired) electrons. The van der Waals surface area contributed by atoms with Gasteiger partial charge in [0.2, 0.25) is 0 Å². The normalized spacial score (nSPS) is 21.2. The summed E-state index contributed by atoms with van der Waals surface area (Å²) in [5.41, 5.74) is -0.804. The van der Waals surface area contributed by atoms with Crippen molar-refractivity contribution in [2.45, 2.75) is 25.9 Å². The van der Waals surface area contributed by atoms with Gasteiger partial charge in [-0.15, -0.1) is 0 Å². The molecule has 1 aliphatic rings. The molecule has 0 amide bonds. The van der Waals surface area contributed by atoms with Crippen molar-refractivity contribution in [1.82, 2.24) is 4.98 Å². The number of pyridine rings is 1. The Kier molecular flexibility index (Phi) is 3.71. The van der Waals surface area contributed by atoms with Crippen LogP contribution in [-0.2, 0) is 6.18 Å². The Morgan fingerprint density at radius 2 is 2.17 bits per heavy atom. The van der Waals surface area contributed by atoms with Gasteiger partial charge in [0.25, 0.3) is 0 Å². The first-order chi connectivity index (χ1) is 8.38. The third-order valence-electron chi connectivity index (χ3n) is 3.11. The minimum absolute atomic E-state index is 0.0684. The molecule has 0 N–H and O–H groups in total. The first-order valence-electron chi connectivity index (χ1n) is 5.85. The molecule has 100 valence electrons. The van der Waals surface area contributed by atoms with E-state index in [0.717, 1.165) is 38.2 Å². The minimum Gasteiger partial charge on any atom is -0.355 e. The van der Waals surface area contributed by atoms with Crippen molar-refractivity contribution in [3.05, 3.63) is 22.8 Å². The van der Waals surface area contributed by atoms with Crippen LogP contribution in [0.5, 0.6) is 0 Å². The average molecular weight is 279 g/mol. The molecule has 2 nitrogen and oxygen atoms in total. The molecule has 0 bridgehead atoms. The SMILES string of the molecule is C[C@H]1CCCN(c2ncc(C(F)(F)F)cc2Cl)C1. The lowest BCUT2D eigenvalue weighted by Gasteiger charge is -2.32. The summed E-state index contributed by atoms with van der Waals surface area (Å²) in [5.74, 6) is 0.968. The molecule has 1 saturated heterocycles. The molecule has 1 aromatic heterocycles. The highest BCUT2D eigenvalue weighted by molar-refractivity contribution is 6.33. The standard InChI is InChI=1S/C12H14ClF3N2/c1-8-3-2-4-18(7-8)11-10(13)5-9(6-17-11)12(14,15)16/h5-6,8H,2-4,7H2,1H3/t8-/m0/s1. The van der Waals surface area contributed by atoms with E-state index in [1.54, 1.807) is 0 Å². The second-order valence-electron chi connectivity index (χ2n) is 4.72. The van der Waals surface area contributed by atoms with E-state index >= 15 is 0 Å². The highest BCUT2D eigenvalue weighted by Crippen LogP contribution is 2.34. The number of aromatic nitrogens is 1. The maximum absolute atomic E-state index is 12.5. The van der Waals surface area contributed by atoms with Crippen LogP contribution in [-0.4, -0.2) is 18.1 Å².